The number of anilines is 3. The normalized spacial score (nSPS) is 13.0. The van der Waals surface area contributed by atoms with E-state index in [9.17, 15) is 19.2 Å². The molecule has 0 saturated carbocycles. The van der Waals surface area contributed by atoms with Crippen LogP contribution in [0.2, 0.25) is 0 Å². The molecule has 11 heteroatoms. The molecule has 10 nitrogen and oxygen atoms in total. The van der Waals surface area contributed by atoms with Gasteiger partial charge in [0, 0.05) is 23.0 Å². The standard InChI is InChI=1S/C29H26ClN3O7/c1-16(2)40-29(37)18-7-11-20(12-8-18)32-26(34)17-5-9-19(10-6-17)31-25-24(30)27(35)33(28(25)36)22-14-13-21(38-3)15-23(22)39-4/h5-16,31H,1-4H3,(H,32,34). The Labute approximate surface area is 235 Å². The maximum absolute atomic E-state index is 13.2. The number of carbonyl (C=O) groups is 4. The van der Waals surface area contributed by atoms with Gasteiger partial charge in [-0.15, -0.1) is 0 Å². The molecule has 1 aliphatic heterocycles. The molecular formula is C29H26ClN3O7. The van der Waals surface area contributed by atoms with Crippen molar-refractivity contribution in [3.63, 3.8) is 0 Å². The van der Waals surface area contributed by atoms with Gasteiger partial charge in [-0.2, -0.15) is 0 Å². The van der Waals surface area contributed by atoms with Crippen molar-refractivity contribution in [1.29, 1.82) is 0 Å². The molecule has 3 amide bonds. The molecule has 0 aliphatic carbocycles. The maximum Gasteiger partial charge on any atom is 0.338 e. The van der Waals surface area contributed by atoms with Gasteiger partial charge in [-0.05, 0) is 74.5 Å². The molecule has 0 unspecified atom stereocenters. The molecule has 40 heavy (non-hydrogen) atoms. The summed E-state index contributed by atoms with van der Waals surface area (Å²) in [6.07, 6.45) is -0.236. The maximum atomic E-state index is 13.2. The smallest absolute Gasteiger partial charge is 0.338 e. The number of nitrogens with zero attached hydrogens (tertiary/aromatic N) is 1. The van der Waals surface area contributed by atoms with Crippen LogP contribution >= 0.6 is 11.6 Å². The number of rotatable bonds is 9. The minimum Gasteiger partial charge on any atom is -0.497 e. The van der Waals surface area contributed by atoms with Gasteiger partial charge in [-0.25, -0.2) is 9.69 Å². The third-order valence-corrected chi connectivity index (χ3v) is 6.14. The minimum atomic E-state index is -0.711. The predicted molar refractivity (Wildman–Crippen MR) is 150 cm³/mol. The molecule has 0 fully saturated rings. The molecule has 2 N–H and O–H groups in total. The molecule has 0 atom stereocenters. The van der Waals surface area contributed by atoms with Gasteiger partial charge in [0.2, 0.25) is 0 Å². The molecule has 3 aromatic carbocycles. The summed E-state index contributed by atoms with van der Waals surface area (Å²) in [7, 11) is 2.90. The van der Waals surface area contributed by atoms with E-state index in [1.54, 1.807) is 74.5 Å². The third kappa shape index (κ3) is 5.92. The first-order valence-corrected chi connectivity index (χ1v) is 12.5. The Balaban J connectivity index is 1.43. The lowest BCUT2D eigenvalue weighted by atomic mass is 10.1. The topological polar surface area (TPSA) is 123 Å². The highest BCUT2D eigenvalue weighted by molar-refractivity contribution is 6.53. The van der Waals surface area contributed by atoms with E-state index in [1.807, 2.05) is 0 Å². The second-order valence-corrected chi connectivity index (χ2v) is 9.24. The number of ether oxygens (including phenoxy) is 3. The Hall–Kier alpha value is -4.83. The first-order valence-electron chi connectivity index (χ1n) is 12.1. The molecule has 0 bridgehead atoms. The highest BCUT2D eigenvalue weighted by atomic mass is 35.5. The summed E-state index contributed by atoms with van der Waals surface area (Å²) in [4.78, 5) is 51.7. The molecule has 1 heterocycles. The van der Waals surface area contributed by atoms with E-state index >= 15 is 0 Å². The molecule has 4 rings (SSSR count). The fraction of sp³-hybridized carbons (Fsp3) is 0.172. The van der Waals surface area contributed by atoms with Crippen molar-refractivity contribution in [3.8, 4) is 11.5 Å². The van der Waals surface area contributed by atoms with Crippen molar-refractivity contribution in [1.82, 2.24) is 0 Å². The average Bonchev–Trinajstić information content (AvgIpc) is 3.15. The van der Waals surface area contributed by atoms with Crippen LogP contribution < -0.4 is 25.0 Å². The van der Waals surface area contributed by atoms with Gasteiger partial charge in [0.15, 0.2) is 0 Å². The van der Waals surface area contributed by atoms with E-state index in [-0.39, 0.29) is 34.2 Å². The third-order valence-electron chi connectivity index (χ3n) is 5.79. The summed E-state index contributed by atoms with van der Waals surface area (Å²) in [5.41, 5.74) is 1.74. The van der Waals surface area contributed by atoms with E-state index in [4.69, 9.17) is 25.8 Å². The van der Waals surface area contributed by atoms with Crippen molar-refractivity contribution < 1.29 is 33.4 Å². The van der Waals surface area contributed by atoms with E-state index < -0.39 is 17.8 Å². The van der Waals surface area contributed by atoms with Crippen LogP contribution in [0.1, 0.15) is 34.6 Å². The molecule has 3 aromatic rings. The lowest BCUT2D eigenvalue weighted by Gasteiger charge is -2.18. The minimum absolute atomic E-state index is 0.113. The first-order chi connectivity index (χ1) is 19.1. The van der Waals surface area contributed by atoms with E-state index in [2.05, 4.69) is 10.6 Å². The second-order valence-electron chi connectivity index (χ2n) is 8.86. The summed E-state index contributed by atoms with van der Waals surface area (Å²) in [5, 5.41) is 5.34. The number of imide groups is 1. The molecular weight excluding hydrogens is 538 g/mol. The number of benzene rings is 3. The zero-order valence-electron chi connectivity index (χ0n) is 22.1. The van der Waals surface area contributed by atoms with Crippen LogP contribution in [0.3, 0.4) is 0 Å². The molecule has 0 saturated heterocycles. The van der Waals surface area contributed by atoms with Crippen LogP contribution in [-0.4, -0.2) is 44.0 Å². The van der Waals surface area contributed by atoms with E-state index in [0.717, 1.165) is 4.90 Å². The molecule has 206 valence electrons. The van der Waals surface area contributed by atoms with Gasteiger partial charge < -0.3 is 24.8 Å². The second kappa shape index (κ2) is 11.9. The Morgan fingerprint density at radius 3 is 2.05 bits per heavy atom. The van der Waals surface area contributed by atoms with E-state index in [1.165, 1.54) is 20.3 Å². The lowest BCUT2D eigenvalue weighted by molar-refractivity contribution is -0.120. The van der Waals surface area contributed by atoms with Crippen LogP contribution in [-0.2, 0) is 14.3 Å². The molecule has 0 spiro atoms. The van der Waals surface area contributed by atoms with E-state index in [0.29, 0.717) is 28.3 Å². The predicted octanol–water partition coefficient (Wildman–Crippen LogP) is 4.96. The molecule has 0 aromatic heterocycles. The van der Waals surface area contributed by atoms with Crippen LogP contribution in [0.5, 0.6) is 11.5 Å². The van der Waals surface area contributed by atoms with Gasteiger partial charge in [0.1, 0.15) is 22.2 Å². The summed E-state index contributed by atoms with van der Waals surface area (Å²) in [5.74, 6) is -1.46. The first kappa shape index (κ1) is 28.2. The number of halogens is 1. The highest BCUT2D eigenvalue weighted by Crippen LogP contribution is 2.37. The van der Waals surface area contributed by atoms with Gasteiger partial charge in [-0.1, -0.05) is 11.6 Å². The quantitative estimate of drug-likeness (QED) is 0.277. The summed E-state index contributed by atoms with van der Waals surface area (Å²) >= 11 is 6.25. The Morgan fingerprint density at radius 1 is 0.825 bits per heavy atom. The lowest BCUT2D eigenvalue weighted by Crippen LogP contribution is -2.32. The van der Waals surface area contributed by atoms with Gasteiger partial charge in [0.05, 0.1) is 31.6 Å². The van der Waals surface area contributed by atoms with Crippen molar-refractivity contribution in [2.45, 2.75) is 20.0 Å². The van der Waals surface area contributed by atoms with Crippen LogP contribution in [0.4, 0.5) is 17.1 Å². The zero-order chi connectivity index (χ0) is 29.0. The summed E-state index contributed by atoms with van der Waals surface area (Å²) in [6.45, 7) is 3.52. The number of esters is 1. The number of amides is 3. The molecule has 0 radical (unpaired) electrons. The zero-order valence-corrected chi connectivity index (χ0v) is 22.9. The number of methoxy groups -OCH3 is 2. The fourth-order valence-electron chi connectivity index (χ4n) is 3.82. The van der Waals surface area contributed by atoms with Crippen molar-refractivity contribution >= 4 is 52.4 Å². The number of carbonyl (C=O) groups excluding carboxylic acids is 4. The van der Waals surface area contributed by atoms with Crippen molar-refractivity contribution in [2.75, 3.05) is 29.8 Å². The SMILES string of the molecule is COc1ccc(N2C(=O)C(Cl)=C(Nc3ccc(C(=O)Nc4ccc(C(=O)OC(C)C)cc4)cc3)C2=O)c(OC)c1. The summed E-state index contributed by atoms with van der Waals surface area (Å²) in [6, 6.07) is 17.3. The van der Waals surface area contributed by atoms with Crippen molar-refractivity contribution in [3.05, 3.63) is 88.6 Å². The largest absolute Gasteiger partial charge is 0.497 e. The number of hydrogen-bond donors (Lipinski definition) is 2. The van der Waals surface area contributed by atoms with Crippen LogP contribution in [0.15, 0.2) is 77.5 Å². The van der Waals surface area contributed by atoms with Crippen LogP contribution in [0.25, 0.3) is 0 Å². The monoisotopic (exact) mass is 563 g/mol. The van der Waals surface area contributed by atoms with Gasteiger partial charge >= 0.3 is 5.97 Å². The van der Waals surface area contributed by atoms with Crippen molar-refractivity contribution in [2.24, 2.45) is 0 Å². The fourth-order valence-corrected chi connectivity index (χ4v) is 4.04. The average molecular weight is 564 g/mol. The summed E-state index contributed by atoms with van der Waals surface area (Å²) < 4.78 is 15.7. The molecule has 1 aliphatic rings. The Bertz CT molecular complexity index is 1500. The van der Waals surface area contributed by atoms with Gasteiger partial charge in [0.25, 0.3) is 17.7 Å². The number of hydrogen-bond acceptors (Lipinski definition) is 8. The Morgan fingerprint density at radius 2 is 1.45 bits per heavy atom. The Kier molecular flexibility index (Phi) is 8.40. The van der Waals surface area contributed by atoms with Crippen LogP contribution in [0, 0.1) is 0 Å². The van der Waals surface area contributed by atoms with Gasteiger partial charge in [-0.3, -0.25) is 14.4 Å². The number of nitrogens with one attached hydrogen (secondary N) is 2. The highest BCUT2D eigenvalue weighted by Gasteiger charge is 2.40.